The van der Waals surface area contributed by atoms with Crippen LogP contribution in [0.4, 0.5) is 0 Å². The second-order valence-electron chi connectivity index (χ2n) is 10.1. The summed E-state index contributed by atoms with van der Waals surface area (Å²) in [6.45, 7) is 8.05. The van der Waals surface area contributed by atoms with Crippen molar-refractivity contribution in [3.8, 4) is 0 Å². The van der Waals surface area contributed by atoms with Gasteiger partial charge in [0.05, 0.1) is 5.60 Å². The molecule has 3 fully saturated rings. The minimum atomic E-state index is -1.22. The number of carboxylic acids is 1. The molecule has 2 bridgehead atoms. The average Bonchev–Trinajstić information content (AvgIpc) is 3.21. The molecule has 0 amide bonds. The molecule has 9 heteroatoms. The summed E-state index contributed by atoms with van der Waals surface area (Å²) in [7, 11) is 0. The molecule has 0 saturated heterocycles. The third-order valence-electron chi connectivity index (χ3n) is 7.42. The fraction of sp³-hybridized carbons (Fsp3) is 0.739. The van der Waals surface area contributed by atoms with Gasteiger partial charge in [0, 0.05) is 18.5 Å². The van der Waals surface area contributed by atoms with E-state index in [-0.39, 0.29) is 16.7 Å². The van der Waals surface area contributed by atoms with Crippen LogP contribution < -0.4 is 11.2 Å². The zero-order valence-corrected chi connectivity index (χ0v) is 19.5. The van der Waals surface area contributed by atoms with Gasteiger partial charge in [-0.05, 0) is 65.2 Å². The molecule has 3 aliphatic rings. The minimum Gasteiger partial charge on any atom is -0.479 e. The van der Waals surface area contributed by atoms with Crippen molar-refractivity contribution in [3.63, 3.8) is 0 Å². The zero-order valence-electron chi connectivity index (χ0n) is 19.5. The van der Waals surface area contributed by atoms with Gasteiger partial charge in [-0.1, -0.05) is 13.8 Å². The first kappa shape index (κ1) is 22.8. The summed E-state index contributed by atoms with van der Waals surface area (Å²) in [5.74, 6) is -0.183. The summed E-state index contributed by atoms with van der Waals surface area (Å²) < 4.78 is 9.09. The Labute approximate surface area is 186 Å². The fourth-order valence-electron chi connectivity index (χ4n) is 5.51. The predicted octanol–water partition coefficient (Wildman–Crippen LogP) is 2.93. The van der Waals surface area contributed by atoms with Gasteiger partial charge in [0.1, 0.15) is 11.3 Å². The molecule has 0 spiro atoms. The third-order valence-corrected chi connectivity index (χ3v) is 7.42. The molecule has 2 heterocycles. The van der Waals surface area contributed by atoms with E-state index in [1.54, 1.807) is 18.4 Å². The normalized spacial score (nSPS) is 25.5. The Morgan fingerprint density at radius 3 is 2.16 bits per heavy atom. The van der Waals surface area contributed by atoms with Gasteiger partial charge in [0.2, 0.25) is 0 Å². The number of H-pyrrole nitrogens is 1. The van der Waals surface area contributed by atoms with Crippen molar-refractivity contribution < 1.29 is 14.6 Å². The van der Waals surface area contributed by atoms with Gasteiger partial charge >= 0.3 is 11.7 Å². The first-order chi connectivity index (χ1) is 15.1. The minimum absolute atomic E-state index is 0.202. The summed E-state index contributed by atoms with van der Waals surface area (Å²) >= 11 is 0. The van der Waals surface area contributed by atoms with Crippen LogP contribution in [0.5, 0.6) is 0 Å². The molecule has 0 atom stereocenters. The monoisotopic (exact) mass is 446 g/mol. The number of imidazole rings is 1. The van der Waals surface area contributed by atoms with Crippen LogP contribution in [0.25, 0.3) is 11.2 Å². The van der Waals surface area contributed by atoms with E-state index in [1.165, 1.54) is 4.57 Å². The second-order valence-corrected chi connectivity index (χ2v) is 10.1. The van der Waals surface area contributed by atoms with E-state index in [9.17, 15) is 19.5 Å². The maximum absolute atomic E-state index is 13.1. The van der Waals surface area contributed by atoms with E-state index in [2.05, 4.69) is 4.98 Å². The Kier molecular flexibility index (Phi) is 5.59. The summed E-state index contributed by atoms with van der Waals surface area (Å²) in [5, 5.41) is 9.48. The lowest BCUT2D eigenvalue weighted by Gasteiger charge is -2.53. The number of rotatable bonds is 8. The standard InChI is InChI=1S/C23H34N4O5/c1-5-13-26-16-15(17(28)27(14-6-2)20(26)31)24-18(25-16)22-7-10-23(11-8-22,12-9-22)32-21(3,4)19(29)30/h5-14H2,1-4H3,(H,24,25)(H,29,30). The van der Waals surface area contributed by atoms with Crippen molar-refractivity contribution in [2.75, 3.05) is 0 Å². The van der Waals surface area contributed by atoms with E-state index < -0.39 is 17.2 Å². The number of carboxylic acid groups (broad SMARTS) is 1. The van der Waals surface area contributed by atoms with Crippen LogP contribution in [0.3, 0.4) is 0 Å². The van der Waals surface area contributed by atoms with Crippen molar-refractivity contribution in [2.24, 2.45) is 0 Å². The predicted molar refractivity (Wildman–Crippen MR) is 120 cm³/mol. The molecule has 0 unspecified atom stereocenters. The number of aryl methyl sites for hydroxylation is 1. The SMILES string of the molecule is CCCn1c(=O)c2[nH]c(C34CCC(OC(C)(C)C(=O)O)(CC3)CC4)nc2n(CCC)c1=O. The molecular weight excluding hydrogens is 412 g/mol. The molecule has 3 aliphatic carbocycles. The molecule has 2 aromatic rings. The first-order valence-corrected chi connectivity index (χ1v) is 11.8. The van der Waals surface area contributed by atoms with Crippen LogP contribution in [0.2, 0.25) is 0 Å². The number of hydrogen-bond acceptors (Lipinski definition) is 5. The highest BCUT2D eigenvalue weighted by Gasteiger charge is 2.54. The summed E-state index contributed by atoms with van der Waals surface area (Å²) in [4.78, 5) is 45.7. The highest BCUT2D eigenvalue weighted by Crippen LogP contribution is 2.55. The quantitative estimate of drug-likeness (QED) is 0.643. The van der Waals surface area contributed by atoms with Crippen LogP contribution in [-0.2, 0) is 28.0 Å². The topological polar surface area (TPSA) is 119 Å². The molecule has 9 nitrogen and oxygen atoms in total. The number of hydrogen-bond donors (Lipinski definition) is 2. The van der Waals surface area contributed by atoms with Gasteiger partial charge in [0.15, 0.2) is 11.2 Å². The van der Waals surface area contributed by atoms with Crippen LogP contribution >= 0.6 is 0 Å². The Morgan fingerprint density at radius 1 is 1.06 bits per heavy atom. The van der Waals surface area contributed by atoms with Gasteiger partial charge in [0.25, 0.3) is 5.56 Å². The number of fused-ring (bicyclic) bond motifs is 4. The number of nitrogens with zero attached hydrogens (tertiary/aromatic N) is 3. The first-order valence-electron chi connectivity index (χ1n) is 11.8. The van der Waals surface area contributed by atoms with Crippen LogP contribution in [-0.4, -0.2) is 41.4 Å². The second kappa shape index (κ2) is 7.86. The number of aromatic amines is 1. The highest BCUT2D eigenvalue weighted by molar-refractivity contribution is 5.76. The van der Waals surface area contributed by atoms with Crippen molar-refractivity contribution >= 4 is 17.1 Å². The smallest absolute Gasteiger partial charge is 0.335 e. The average molecular weight is 447 g/mol. The molecule has 5 rings (SSSR count). The van der Waals surface area contributed by atoms with Crippen LogP contribution in [0.1, 0.15) is 84.9 Å². The van der Waals surface area contributed by atoms with Gasteiger partial charge < -0.3 is 14.8 Å². The molecule has 3 saturated carbocycles. The van der Waals surface area contributed by atoms with Crippen LogP contribution in [0, 0.1) is 0 Å². The van der Waals surface area contributed by atoms with E-state index in [4.69, 9.17) is 9.72 Å². The third kappa shape index (κ3) is 3.50. The Morgan fingerprint density at radius 2 is 1.62 bits per heavy atom. The van der Waals surface area contributed by atoms with Crippen molar-refractivity contribution in [2.45, 2.75) is 109 Å². The van der Waals surface area contributed by atoms with E-state index in [1.807, 2.05) is 13.8 Å². The van der Waals surface area contributed by atoms with Crippen molar-refractivity contribution in [3.05, 3.63) is 26.7 Å². The fourth-order valence-corrected chi connectivity index (χ4v) is 5.51. The summed E-state index contributed by atoms with van der Waals surface area (Å²) in [6.07, 6.45) is 6.16. The number of carbonyl (C=O) groups is 1. The van der Waals surface area contributed by atoms with Crippen molar-refractivity contribution in [1.82, 2.24) is 19.1 Å². The van der Waals surface area contributed by atoms with Crippen LogP contribution in [0.15, 0.2) is 9.59 Å². The van der Waals surface area contributed by atoms with Crippen molar-refractivity contribution in [1.29, 1.82) is 0 Å². The molecular formula is C23H34N4O5. The molecule has 176 valence electrons. The lowest BCUT2D eigenvalue weighted by atomic mass is 9.58. The van der Waals surface area contributed by atoms with Gasteiger partial charge in [-0.25, -0.2) is 14.6 Å². The van der Waals surface area contributed by atoms with Gasteiger partial charge in [-0.15, -0.1) is 0 Å². The maximum atomic E-state index is 13.1. The molecule has 0 aliphatic heterocycles. The zero-order chi connectivity index (χ0) is 23.3. The molecule has 0 aromatic carbocycles. The lowest BCUT2D eigenvalue weighted by Crippen LogP contribution is -2.54. The Balaban J connectivity index is 1.71. The molecule has 2 aromatic heterocycles. The lowest BCUT2D eigenvalue weighted by molar-refractivity contribution is -0.205. The highest BCUT2D eigenvalue weighted by atomic mass is 16.5. The van der Waals surface area contributed by atoms with Gasteiger partial charge in [-0.2, -0.15) is 0 Å². The molecule has 2 N–H and O–H groups in total. The number of aliphatic carboxylic acids is 1. The number of aromatic nitrogens is 4. The Bertz CT molecular complexity index is 1130. The van der Waals surface area contributed by atoms with Gasteiger partial charge in [-0.3, -0.25) is 13.9 Å². The molecule has 32 heavy (non-hydrogen) atoms. The number of ether oxygens (including phenoxy) is 1. The van der Waals surface area contributed by atoms with E-state index in [0.717, 1.165) is 50.8 Å². The Hall–Kier alpha value is -2.42. The maximum Gasteiger partial charge on any atom is 0.335 e. The largest absolute Gasteiger partial charge is 0.479 e. The summed E-state index contributed by atoms with van der Waals surface area (Å²) in [5.41, 5.74) is -1.59. The molecule has 0 radical (unpaired) electrons. The van der Waals surface area contributed by atoms with E-state index >= 15 is 0 Å². The number of nitrogens with one attached hydrogen (secondary N) is 1. The van der Waals surface area contributed by atoms with E-state index in [0.29, 0.717) is 30.7 Å². The summed E-state index contributed by atoms with van der Waals surface area (Å²) in [6, 6.07) is 0.